The minimum absolute atomic E-state index is 0.172. The molecule has 1 aliphatic rings. The maximum Gasteiger partial charge on any atom is 0.313 e. The number of hydrogen-bond donors (Lipinski definition) is 3. The molecule has 1 aliphatic carbocycles. The van der Waals surface area contributed by atoms with Crippen molar-refractivity contribution in [3.8, 4) is 0 Å². The average molecular weight is 373 g/mol. The smallest absolute Gasteiger partial charge is 0.313 e. The first kappa shape index (κ1) is 19.2. The van der Waals surface area contributed by atoms with Gasteiger partial charge in [0, 0.05) is 43.4 Å². The van der Waals surface area contributed by atoms with Crippen LogP contribution in [-0.2, 0) is 16.0 Å². The number of aromatic amines is 2. The molecule has 3 N–H and O–H groups in total. The molecule has 7 heteroatoms. The summed E-state index contributed by atoms with van der Waals surface area (Å²) in [6.45, 7) is 5.16. The van der Waals surface area contributed by atoms with Crippen molar-refractivity contribution in [3.63, 3.8) is 0 Å². The predicted octanol–water partition coefficient (Wildman–Crippen LogP) is 1.78. The normalized spacial score (nSPS) is 24.6. The number of anilines is 1. The molecule has 1 aromatic heterocycles. The van der Waals surface area contributed by atoms with Crippen molar-refractivity contribution in [3.05, 3.63) is 51.4 Å². The van der Waals surface area contributed by atoms with E-state index in [9.17, 15) is 14.7 Å². The van der Waals surface area contributed by atoms with Crippen LogP contribution in [-0.4, -0.2) is 47.1 Å². The lowest BCUT2D eigenvalue weighted by atomic mass is 9.66. The number of H-pyrrole nitrogens is 2. The molecule has 1 heterocycles. The zero-order valence-electron chi connectivity index (χ0n) is 16.4. The van der Waals surface area contributed by atoms with Crippen molar-refractivity contribution in [1.29, 1.82) is 0 Å². The van der Waals surface area contributed by atoms with Crippen LogP contribution in [0.3, 0.4) is 0 Å². The van der Waals surface area contributed by atoms with Crippen molar-refractivity contribution in [2.75, 3.05) is 19.0 Å². The van der Waals surface area contributed by atoms with E-state index in [1.165, 1.54) is 0 Å². The molecule has 146 valence electrons. The van der Waals surface area contributed by atoms with Crippen LogP contribution in [0.1, 0.15) is 43.5 Å². The molecular formula is C20H27N3O4. The van der Waals surface area contributed by atoms with Crippen LogP contribution in [0.25, 0.3) is 0 Å². The molecule has 2 aromatic rings. The largest absolute Gasteiger partial charge is 0.463 e. The van der Waals surface area contributed by atoms with Gasteiger partial charge in [0.25, 0.3) is 5.56 Å². The molecule has 1 aromatic carbocycles. The molecule has 0 saturated heterocycles. The molecule has 0 fully saturated rings. The van der Waals surface area contributed by atoms with Crippen molar-refractivity contribution in [1.82, 2.24) is 10.2 Å². The number of esters is 1. The second kappa shape index (κ2) is 6.88. The van der Waals surface area contributed by atoms with Crippen LogP contribution in [0, 0.1) is 5.92 Å². The van der Waals surface area contributed by atoms with Crippen LogP contribution in [0.4, 0.5) is 5.69 Å². The molecule has 27 heavy (non-hydrogen) atoms. The van der Waals surface area contributed by atoms with E-state index in [1.807, 2.05) is 43.3 Å². The fourth-order valence-corrected chi connectivity index (χ4v) is 3.90. The number of rotatable bonds is 4. The Kier molecular flexibility index (Phi) is 4.90. The first-order valence-electron chi connectivity index (χ1n) is 9.11. The van der Waals surface area contributed by atoms with Gasteiger partial charge in [0.1, 0.15) is 0 Å². The number of ether oxygens (including phenoxy) is 1. The number of carbonyl (C=O) groups is 1. The molecule has 0 aliphatic heterocycles. The molecule has 3 atom stereocenters. The SMILES string of the molecule is CC(C)OC(=O)[C@@H]1[C@@H](c2ccc(N(C)C)cc2)c2c([nH][nH]c2=O)C[C@@]1(C)O. The number of aromatic nitrogens is 2. The van der Waals surface area contributed by atoms with Gasteiger partial charge in [0.2, 0.25) is 0 Å². The van der Waals surface area contributed by atoms with E-state index in [4.69, 9.17) is 4.74 Å². The van der Waals surface area contributed by atoms with E-state index in [0.29, 0.717) is 11.3 Å². The highest BCUT2D eigenvalue weighted by Gasteiger charge is 2.51. The van der Waals surface area contributed by atoms with Gasteiger partial charge in [-0.15, -0.1) is 0 Å². The first-order chi connectivity index (χ1) is 12.6. The minimum Gasteiger partial charge on any atom is -0.463 e. The topological polar surface area (TPSA) is 98.4 Å². The van der Waals surface area contributed by atoms with E-state index >= 15 is 0 Å². The van der Waals surface area contributed by atoms with Crippen molar-refractivity contribution in [2.24, 2.45) is 5.92 Å². The standard InChI is InChI=1S/C20H27N3O4/c1-11(2)27-19(25)17-15(12-6-8-13(9-7-12)23(4)5)16-14(10-20(17,3)26)21-22-18(16)24/h6-9,11,15,17,26H,10H2,1-5H3,(H2,21,22,24)/t15-,17-,20+/m0/s1. The Labute approximate surface area is 158 Å². The number of carbonyl (C=O) groups excluding carboxylic acids is 1. The highest BCUT2D eigenvalue weighted by atomic mass is 16.5. The van der Waals surface area contributed by atoms with Gasteiger partial charge >= 0.3 is 5.97 Å². The third-order valence-corrected chi connectivity index (χ3v) is 5.12. The lowest BCUT2D eigenvalue weighted by Gasteiger charge is -2.40. The number of nitrogens with one attached hydrogen (secondary N) is 2. The zero-order chi connectivity index (χ0) is 19.9. The van der Waals surface area contributed by atoms with Crippen LogP contribution in [0.15, 0.2) is 29.1 Å². The number of benzene rings is 1. The van der Waals surface area contributed by atoms with Gasteiger partial charge in [-0.2, -0.15) is 0 Å². The van der Waals surface area contributed by atoms with Gasteiger partial charge in [0.15, 0.2) is 0 Å². The van der Waals surface area contributed by atoms with Crippen molar-refractivity contribution < 1.29 is 14.6 Å². The molecule has 0 amide bonds. The van der Waals surface area contributed by atoms with Gasteiger partial charge in [0.05, 0.1) is 17.6 Å². The van der Waals surface area contributed by atoms with E-state index in [2.05, 4.69) is 10.2 Å². The van der Waals surface area contributed by atoms with E-state index < -0.39 is 23.4 Å². The molecule has 0 radical (unpaired) electrons. The Hall–Kier alpha value is -2.54. The second-order valence-electron chi connectivity index (χ2n) is 7.93. The summed E-state index contributed by atoms with van der Waals surface area (Å²) in [5.74, 6) is -1.97. The van der Waals surface area contributed by atoms with Gasteiger partial charge in [-0.3, -0.25) is 14.7 Å². The summed E-state index contributed by atoms with van der Waals surface area (Å²) >= 11 is 0. The van der Waals surface area contributed by atoms with E-state index in [1.54, 1.807) is 20.8 Å². The summed E-state index contributed by atoms with van der Waals surface area (Å²) in [5.41, 5.74) is 1.28. The summed E-state index contributed by atoms with van der Waals surface area (Å²) < 4.78 is 5.44. The van der Waals surface area contributed by atoms with Gasteiger partial charge in [-0.1, -0.05) is 12.1 Å². The Balaban J connectivity index is 2.15. The lowest BCUT2D eigenvalue weighted by Crippen LogP contribution is -2.50. The Morgan fingerprint density at radius 2 is 1.89 bits per heavy atom. The fraction of sp³-hybridized carbons (Fsp3) is 0.500. The maximum absolute atomic E-state index is 12.9. The minimum atomic E-state index is -1.35. The highest BCUT2D eigenvalue weighted by Crippen LogP contribution is 2.44. The van der Waals surface area contributed by atoms with E-state index in [-0.39, 0.29) is 18.1 Å². The Morgan fingerprint density at radius 3 is 2.44 bits per heavy atom. The number of aliphatic hydroxyl groups is 1. The van der Waals surface area contributed by atoms with Crippen LogP contribution >= 0.6 is 0 Å². The molecular weight excluding hydrogens is 346 g/mol. The summed E-state index contributed by atoms with van der Waals surface area (Å²) in [7, 11) is 3.89. The number of fused-ring (bicyclic) bond motifs is 1. The molecule has 0 spiro atoms. The molecule has 0 saturated carbocycles. The number of hydrogen-bond acceptors (Lipinski definition) is 5. The second-order valence-corrected chi connectivity index (χ2v) is 7.93. The number of nitrogens with zero attached hydrogens (tertiary/aromatic N) is 1. The first-order valence-corrected chi connectivity index (χ1v) is 9.11. The predicted molar refractivity (Wildman–Crippen MR) is 103 cm³/mol. The van der Waals surface area contributed by atoms with Gasteiger partial charge in [-0.05, 0) is 38.5 Å². The fourth-order valence-electron chi connectivity index (χ4n) is 3.90. The molecule has 7 nitrogen and oxygen atoms in total. The van der Waals surface area contributed by atoms with Crippen molar-refractivity contribution in [2.45, 2.75) is 44.8 Å². The summed E-state index contributed by atoms with van der Waals surface area (Å²) in [6.07, 6.45) is -0.137. The van der Waals surface area contributed by atoms with E-state index in [0.717, 1.165) is 11.3 Å². The Bertz CT molecular complexity index is 877. The summed E-state index contributed by atoms with van der Waals surface area (Å²) in [4.78, 5) is 27.4. The molecule has 3 rings (SSSR count). The van der Waals surface area contributed by atoms with Crippen LogP contribution in [0.2, 0.25) is 0 Å². The maximum atomic E-state index is 12.9. The van der Waals surface area contributed by atoms with Gasteiger partial charge in [-0.25, -0.2) is 0 Å². The summed E-state index contributed by atoms with van der Waals surface area (Å²) in [6, 6.07) is 7.66. The third kappa shape index (κ3) is 3.51. The molecule has 0 bridgehead atoms. The summed E-state index contributed by atoms with van der Waals surface area (Å²) in [5, 5.41) is 16.6. The quantitative estimate of drug-likeness (QED) is 0.710. The van der Waals surface area contributed by atoms with Gasteiger partial charge < -0.3 is 19.8 Å². The average Bonchev–Trinajstić information content (AvgIpc) is 2.92. The zero-order valence-corrected chi connectivity index (χ0v) is 16.4. The van der Waals surface area contributed by atoms with Crippen LogP contribution in [0.5, 0.6) is 0 Å². The lowest BCUT2D eigenvalue weighted by molar-refractivity contribution is -0.163. The van der Waals surface area contributed by atoms with Crippen molar-refractivity contribution >= 4 is 11.7 Å². The highest BCUT2D eigenvalue weighted by molar-refractivity contribution is 5.77. The monoisotopic (exact) mass is 373 g/mol. The molecule has 0 unspecified atom stereocenters. The Morgan fingerprint density at radius 1 is 1.26 bits per heavy atom. The third-order valence-electron chi connectivity index (χ3n) is 5.12. The van der Waals surface area contributed by atoms with Crippen LogP contribution < -0.4 is 10.5 Å².